The first-order chi connectivity index (χ1) is 15.1. The Morgan fingerprint density at radius 3 is 2.32 bits per heavy atom. The number of hydrogen-bond donors (Lipinski definition) is 0. The van der Waals surface area contributed by atoms with Gasteiger partial charge in [0, 0.05) is 37.5 Å². The summed E-state index contributed by atoms with van der Waals surface area (Å²) in [5, 5.41) is 4.02. The average molecular weight is 425 g/mol. The maximum atomic E-state index is 13.4. The maximum Gasteiger partial charge on any atom is 0.137 e. The van der Waals surface area contributed by atoms with Crippen LogP contribution in [-0.2, 0) is 24.2 Å². The fraction of sp³-hybridized carbons (Fsp3) is 0.400. The molecule has 2 aromatic carbocycles. The summed E-state index contributed by atoms with van der Waals surface area (Å²) < 4.78 is 30.3. The zero-order valence-corrected chi connectivity index (χ0v) is 18.1. The second-order valence-corrected chi connectivity index (χ2v) is 8.11. The zero-order chi connectivity index (χ0) is 21.6. The van der Waals surface area contributed by atoms with E-state index < -0.39 is 0 Å². The highest BCUT2D eigenvalue weighted by Gasteiger charge is 2.34. The molecule has 4 rings (SSSR count). The molecule has 1 aromatic heterocycles. The maximum absolute atomic E-state index is 13.4. The minimum Gasteiger partial charge on any atom is -0.494 e. The largest absolute Gasteiger partial charge is 0.494 e. The monoisotopic (exact) mass is 424 g/mol. The summed E-state index contributed by atoms with van der Waals surface area (Å²) in [7, 11) is 0. The number of benzene rings is 2. The summed E-state index contributed by atoms with van der Waals surface area (Å²) >= 11 is 0. The van der Waals surface area contributed by atoms with Crippen molar-refractivity contribution < 1.29 is 18.4 Å². The first-order valence-corrected chi connectivity index (χ1v) is 10.8. The van der Waals surface area contributed by atoms with Crippen LogP contribution in [0.25, 0.3) is 0 Å². The molecule has 0 aliphatic carbocycles. The van der Waals surface area contributed by atoms with Crippen LogP contribution in [0.1, 0.15) is 29.5 Å². The van der Waals surface area contributed by atoms with E-state index >= 15 is 0 Å². The number of halogens is 1. The summed E-state index contributed by atoms with van der Waals surface area (Å²) in [6, 6.07) is 17.2. The van der Waals surface area contributed by atoms with Crippen LogP contribution in [0.4, 0.5) is 4.39 Å². The van der Waals surface area contributed by atoms with Crippen molar-refractivity contribution in [3.05, 3.63) is 83.0 Å². The molecule has 6 heteroatoms. The Morgan fingerprint density at radius 2 is 1.71 bits per heavy atom. The third-order valence-electron chi connectivity index (χ3n) is 5.69. The van der Waals surface area contributed by atoms with Gasteiger partial charge in [0.05, 0.1) is 25.5 Å². The molecule has 5 nitrogen and oxygen atoms in total. The van der Waals surface area contributed by atoms with Crippen molar-refractivity contribution in [2.75, 3.05) is 19.8 Å². The molecule has 0 spiro atoms. The molecule has 1 aliphatic rings. The van der Waals surface area contributed by atoms with Gasteiger partial charge in [-0.25, -0.2) is 4.39 Å². The van der Waals surface area contributed by atoms with E-state index in [1.807, 2.05) is 44.2 Å². The zero-order valence-electron chi connectivity index (χ0n) is 18.1. The van der Waals surface area contributed by atoms with Gasteiger partial charge in [0.15, 0.2) is 0 Å². The average Bonchev–Trinajstić information content (AvgIpc) is 3.40. The van der Waals surface area contributed by atoms with Crippen LogP contribution in [-0.4, -0.2) is 35.9 Å². The Kier molecular flexibility index (Phi) is 6.99. The van der Waals surface area contributed by atoms with Crippen LogP contribution in [0, 0.1) is 18.7 Å². The van der Waals surface area contributed by atoms with Crippen LogP contribution in [0.5, 0.6) is 5.75 Å². The molecule has 0 amide bonds. The quantitative estimate of drug-likeness (QED) is 0.495. The molecule has 2 heterocycles. The van der Waals surface area contributed by atoms with Crippen molar-refractivity contribution in [2.45, 2.75) is 39.4 Å². The van der Waals surface area contributed by atoms with Gasteiger partial charge < -0.3 is 14.0 Å². The minimum atomic E-state index is -0.218. The first kappa shape index (κ1) is 21.5. The van der Waals surface area contributed by atoms with E-state index in [9.17, 15) is 4.39 Å². The summed E-state index contributed by atoms with van der Waals surface area (Å²) in [5.74, 6) is 1.85. The van der Waals surface area contributed by atoms with Crippen molar-refractivity contribution in [1.82, 2.24) is 10.1 Å². The highest BCUT2D eigenvalue weighted by Crippen LogP contribution is 2.27. The predicted molar refractivity (Wildman–Crippen MR) is 116 cm³/mol. The second-order valence-electron chi connectivity index (χ2n) is 8.11. The van der Waals surface area contributed by atoms with Crippen molar-refractivity contribution in [1.29, 1.82) is 0 Å². The van der Waals surface area contributed by atoms with Crippen molar-refractivity contribution in [3.8, 4) is 5.75 Å². The van der Waals surface area contributed by atoms with Crippen LogP contribution in [0.15, 0.2) is 59.1 Å². The van der Waals surface area contributed by atoms with Gasteiger partial charge in [-0.15, -0.1) is 0 Å². The molecular weight excluding hydrogens is 395 g/mol. The van der Waals surface area contributed by atoms with Gasteiger partial charge in [0.2, 0.25) is 0 Å². The number of rotatable bonds is 9. The molecule has 164 valence electrons. The lowest BCUT2D eigenvalue weighted by Gasteiger charge is -2.32. The number of aryl methyl sites for hydroxylation is 1. The van der Waals surface area contributed by atoms with Crippen LogP contribution < -0.4 is 4.74 Å². The Bertz CT molecular complexity index is 956. The van der Waals surface area contributed by atoms with E-state index in [1.54, 1.807) is 0 Å². The van der Waals surface area contributed by atoms with E-state index in [4.69, 9.17) is 14.0 Å². The van der Waals surface area contributed by atoms with Crippen LogP contribution in [0.2, 0.25) is 0 Å². The van der Waals surface area contributed by atoms with E-state index in [0.717, 1.165) is 35.7 Å². The van der Waals surface area contributed by atoms with E-state index in [-0.39, 0.29) is 11.9 Å². The van der Waals surface area contributed by atoms with Crippen LogP contribution >= 0.6 is 0 Å². The smallest absolute Gasteiger partial charge is 0.137 e. The van der Waals surface area contributed by atoms with Gasteiger partial charge in [-0.2, -0.15) is 0 Å². The number of hydrogen-bond acceptors (Lipinski definition) is 5. The van der Waals surface area contributed by atoms with Crippen molar-refractivity contribution in [2.24, 2.45) is 5.92 Å². The topological polar surface area (TPSA) is 47.7 Å². The molecule has 1 saturated heterocycles. The van der Waals surface area contributed by atoms with Crippen LogP contribution in [0.3, 0.4) is 0 Å². The summed E-state index contributed by atoms with van der Waals surface area (Å²) in [6.45, 7) is 7.40. The third-order valence-corrected chi connectivity index (χ3v) is 5.69. The van der Waals surface area contributed by atoms with Gasteiger partial charge in [-0.3, -0.25) is 4.90 Å². The Balaban J connectivity index is 1.53. The van der Waals surface area contributed by atoms with E-state index in [1.165, 1.54) is 17.7 Å². The molecular formula is C25H29FN2O3. The summed E-state index contributed by atoms with van der Waals surface area (Å²) in [5.41, 5.74) is 3.17. The molecule has 0 saturated carbocycles. The summed E-state index contributed by atoms with van der Waals surface area (Å²) in [4.78, 5) is 2.42. The molecule has 1 aliphatic heterocycles. The fourth-order valence-electron chi connectivity index (χ4n) is 4.16. The minimum absolute atomic E-state index is 0.218. The van der Waals surface area contributed by atoms with Gasteiger partial charge in [-0.1, -0.05) is 29.4 Å². The highest BCUT2D eigenvalue weighted by molar-refractivity contribution is 5.27. The normalized spacial score (nSPS) is 18.6. The molecule has 1 fully saturated rings. The van der Waals surface area contributed by atoms with Crippen molar-refractivity contribution >= 4 is 0 Å². The lowest BCUT2D eigenvalue weighted by atomic mass is 9.95. The molecule has 31 heavy (non-hydrogen) atoms. The number of ether oxygens (including phenoxy) is 2. The van der Waals surface area contributed by atoms with E-state index in [0.29, 0.717) is 32.3 Å². The van der Waals surface area contributed by atoms with Gasteiger partial charge in [0.25, 0.3) is 0 Å². The highest BCUT2D eigenvalue weighted by atomic mass is 19.1. The van der Waals surface area contributed by atoms with Gasteiger partial charge >= 0.3 is 0 Å². The Morgan fingerprint density at radius 1 is 1.03 bits per heavy atom. The predicted octanol–water partition coefficient (Wildman–Crippen LogP) is 4.78. The van der Waals surface area contributed by atoms with E-state index in [2.05, 4.69) is 22.2 Å². The SMILES string of the molecule is CCOc1ccc(CN(Cc2ccc(F)cc2)[C@@H]2COC[C@H]2Cc2cc(C)no2)cc1. The third kappa shape index (κ3) is 5.71. The number of aromatic nitrogens is 1. The molecule has 2 atom stereocenters. The molecule has 0 unspecified atom stereocenters. The molecule has 0 N–H and O–H groups in total. The molecule has 0 bridgehead atoms. The summed E-state index contributed by atoms with van der Waals surface area (Å²) in [6.07, 6.45) is 0.786. The Labute approximate surface area is 182 Å². The lowest BCUT2D eigenvalue weighted by Crippen LogP contribution is -2.40. The second kappa shape index (κ2) is 10.1. The Hall–Kier alpha value is -2.70. The standard InChI is InChI=1S/C25H29FN2O3/c1-3-30-23-10-6-20(7-11-23)15-28(14-19-4-8-22(26)9-5-19)25-17-29-16-21(25)13-24-12-18(2)27-31-24/h4-12,21,25H,3,13-17H2,1-2H3/t21-,25-/m1/s1. The molecule has 3 aromatic rings. The van der Waals surface area contributed by atoms with Gasteiger partial charge in [-0.05, 0) is 49.2 Å². The first-order valence-electron chi connectivity index (χ1n) is 10.8. The number of nitrogens with zero attached hydrogens (tertiary/aromatic N) is 2. The molecule has 0 radical (unpaired) electrons. The lowest BCUT2D eigenvalue weighted by molar-refractivity contribution is 0.127. The van der Waals surface area contributed by atoms with Gasteiger partial charge in [0.1, 0.15) is 17.3 Å². The fourth-order valence-corrected chi connectivity index (χ4v) is 4.16. The van der Waals surface area contributed by atoms with Crippen molar-refractivity contribution in [3.63, 3.8) is 0 Å².